The van der Waals surface area contributed by atoms with Crippen molar-refractivity contribution in [1.29, 1.82) is 0 Å². The lowest BCUT2D eigenvalue weighted by molar-refractivity contribution is 0.291. The quantitative estimate of drug-likeness (QED) is 0.278. The van der Waals surface area contributed by atoms with Crippen LogP contribution in [0.15, 0.2) is 67.3 Å². The van der Waals surface area contributed by atoms with E-state index in [1.165, 1.54) is 18.2 Å². The SMILES string of the molecule is C=CCCCOc1ccc(-c2ccc(OCc3ccc(C)cc3F)cc2)c(F)c1F. The lowest BCUT2D eigenvalue weighted by Gasteiger charge is -2.11. The van der Waals surface area contributed by atoms with Crippen molar-refractivity contribution in [2.75, 3.05) is 6.61 Å². The van der Waals surface area contributed by atoms with Gasteiger partial charge < -0.3 is 9.47 Å². The molecule has 2 nitrogen and oxygen atoms in total. The van der Waals surface area contributed by atoms with Gasteiger partial charge in [-0.3, -0.25) is 0 Å². The van der Waals surface area contributed by atoms with Crippen LogP contribution in [0, 0.1) is 24.4 Å². The zero-order valence-electron chi connectivity index (χ0n) is 16.8. The van der Waals surface area contributed by atoms with Crippen LogP contribution >= 0.6 is 0 Å². The highest BCUT2D eigenvalue weighted by Gasteiger charge is 2.16. The topological polar surface area (TPSA) is 18.5 Å². The molecule has 0 heterocycles. The van der Waals surface area contributed by atoms with Gasteiger partial charge in [0.2, 0.25) is 5.82 Å². The molecule has 3 aromatic carbocycles. The van der Waals surface area contributed by atoms with Crippen molar-refractivity contribution in [1.82, 2.24) is 0 Å². The molecule has 0 aromatic heterocycles. The Balaban J connectivity index is 1.68. The maximum Gasteiger partial charge on any atom is 0.201 e. The monoisotopic (exact) mass is 412 g/mol. The molecular weight excluding hydrogens is 389 g/mol. The Morgan fingerprint density at radius 1 is 0.900 bits per heavy atom. The third-order valence-corrected chi connectivity index (χ3v) is 4.63. The Labute approximate surface area is 174 Å². The lowest BCUT2D eigenvalue weighted by Crippen LogP contribution is -2.01. The van der Waals surface area contributed by atoms with Crippen LogP contribution in [0.25, 0.3) is 11.1 Å². The molecule has 3 aromatic rings. The van der Waals surface area contributed by atoms with Gasteiger partial charge in [-0.15, -0.1) is 6.58 Å². The minimum absolute atomic E-state index is 0.0757. The molecular formula is C25H23F3O2. The van der Waals surface area contributed by atoms with Gasteiger partial charge in [-0.1, -0.05) is 30.3 Å². The first-order chi connectivity index (χ1) is 14.5. The normalized spacial score (nSPS) is 10.7. The fraction of sp³-hybridized carbons (Fsp3) is 0.200. The van der Waals surface area contributed by atoms with Crippen LogP contribution in [-0.4, -0.2) is 6.61 Å². The summed E-state index contributed by atoms with van der Waals surface area (Å²) in [7, 11) is 0. The molecule has 0 bridgehead atoms. The number of hydrogen-bond donors (Lipinski definition) is 0. The van der Waals surface area contributed by atoms with Crippen LogP contribution < -0.4 is 9.47 Å². The summed E-state index contributed by atoms with van der Waals surface area (Å²) in [4.78, 5) is 0. The third-order valence-electron chi connectivity index (χ3n) is 4.63. The summed E-state index contributed by atoms with van der Waals surface area (Å²) >= 11 is 0. The van der Waals surface area contributed by atoms with Gasteiger partial charge in [0, 0.05) is 11.1 Å². The highest BCUT2D eigenvalue weighted by Crippen LogP contribution is 2.31. The van der Waals surface area contributed by atoms with Crippen molar-refractivity contribution in [3.63, 3.8) is 0 Å². The Kier molecular flexibility index (Phi) is 7.17. The lowest BCUT2D eigenvalue weighted by atomic mass is 10.0. The summed E-state index contributed by atoms with van der Waals surface area (Å²) in [6, 6.07) is 14.4. The molecule has 5 heteroatoms. The number of ether oxygens (including phenoxy) is 2. The van der Waals surface area contributed by atoms with Crippen LogP contribution in [-0.2, 0) is 6.61 Å². The summed E-state index contributed by atoms with van der Waals surface area (Å²) in [5, 5.41) is 0. The summed E-state index contributed by atoms with van der Waals surface area (Å²) in [5.74, 6) is -1.91. The fourth-order valence-corrected chi connectivity index (χ4v) is 2.94. The number of halogens is 3. The first-order valence-corrected chi connectivity index (χ1v) is 9.69. The molecule has 0 aliphatic rings. The maximum atomic E-state index is 14.5. The fourth-order valence-electron chi connectivity index (χ4n) is 2.94. The predicted molar refractivity (Wildman–Crippen MR) is 112 cm³/mol. The zero-order chi connectivity index (χ0) is 21.5. The number of unbranched alkanes of at least 4 members (excludes halogenated alkanes) is 1. The van der Waals surface area contributed by atoms with Crippen LogP contribution in [0.2, 0.25) is 0 Å². The first kappa shape index (κ1) is 21.5. The van der Waals surface area contributed by atoms with Crippen molar-refractivity contribution in [2.24, 2.45) is 0 Å². The van der Waals surface area contributed by atoms with E-state index in [9.17, 15) is 13.2 Å². The molecule has 3 rings (SSSR count). The molecule has 0 saturated carbocycles. The Bertz CT molecular complexity index is 1010. The van der Waals surface area contributed by atoms with E-state index >= 15 is 0 Å². The predicted octanol–water partition coefficient (Wildman–Crippen LogP) is 7.00. The van der Waals surface area contributed by atoms with E-state index in [1.54, 1.807) is 36.4 Å². The molecule has 0 spiro atoms. The molecule has 0 amide bonds. The summed E-state index contributed by atoms with van der Waals surface area (Å²) in [6.07, 6.45) is 3.17. The Morgan fingerprint density at radius 3 is 2.37 bits per heavy atom. The summed E-state index contributed by atoms with van der Waals surface area (Å²) < 4.78 is 53.7. The molecule has 0 radical (unpaired) electrons. The molecule has 0 fully saturated rings. The highest BCUT2D eigenvalue weighted by atomic mass is 19.2. The maximum absolute atomic E-state index is 14.5. The average molecular weight is 412 g/mol. The summed E-state index contributed by atoms with van der Waals surface area (Å²) in [6.45, 7) is 5.79. The van der Waals surface area contributed by atoms with Crippen molar-refractivity contribution in [2.45, 2.75) is 26.4 Å². The van der Waals surface area contributed by atoms with Crippen LogP contribution in [0.4, 0.5) is 13.2 Å². The number of aryl methyl sites for hydroxylation is 1. The largest absolute Gasteiger partial charge is 0.490 e. The van der Waals surface area contributed by atoms with E-state index in [0.717, 1.165) is 12.0 Å². The van der Waals surface area contributed by atoms with E-state index in [0.29, 0.717) is 23.3 Å². The number of benzene rings is 3. The van der Waals surface area contributed by atoms with E-state index in [4.69, 9.17) is 9.47 Å². The standard InChI is InChI=1S/C25H23F3O2/c1-3-4-5-14-29-23-13-12-21(24(27)25(23)28)18-8-10-20(11-9-18)30-16-19-7-6-17(2)15-22(19)26/h3,6-13,15H,1,4-5,14,16H2,2H3. The average Bonchev–Trinajstić information content (AvgIpc) is 2.74. The number of rotatable bonds is 9. The molecule has 156 valence electrons. The van der Waals surface area contributed by atoms with Gasteiger partial charge in [0.15, 0.2) is 11.6 Å². The van der Waals surface area contributed by atoms with Gasteiger partial charge in [-0.05, 0) is 61.2 Å². The van der Waals surface area contributed by atoms with Crippen molar-refractivity contribution in [3.05, 3.63) is 95.8 Å². The molecule has 0 aliphatic heterocycles. The first-order valence-electron chi connectivity index (χ1n) is 9.69. The molecule has 0 atom stereocenters. The van der Waals surface area contributed by atoms with Crippen molar-refractivity contribution >= 4 is 0 Å². The second-order valence-electron chi connectivity index (χ2n) is 6.93. The highest BCUT2D eigenvalue weighted by molar-refractivity contribution is 5.66. The number of hydrogen-bond acceptors (Lipinski definition) is 2. The van der Waals surface area contributed by atoms with Crippen molar-refractivity contribution in [3.8, 4) is 22.6 Å². The van der Waals surface area contributed by atoms with E-state index in [1.807, 2.05) is 13.0 Å². The third kappa shape index (κ3) is 5.23. The van der Waals surface area contributed by atoms with Gasteiger partial charge in [0.05, 0.1) is 6.61 Å². The van der Waals surface area contributed by atoms with Crippen LogP contribution in [0.5, 0.6) is 11.5 Å². The Hall–Kier alpha value is -3.21. The van der Waals surface area contributed by atoms with E-state index in [-0.39, 0.29) is 30.3 Å². The van der Waals surface area contributed by atoms with E-state index in [2.05, 4.69) is 6.58 Å². The number of allylic oxidation sites excluding steroid dienone is 1. The van der Waals surface area contributed by atoms with Gasteiger partial charge in [-0.25, -0.2) is 8.78 Å². The summed E-state index contributed by atoms with van der Waals surface area (Å²) in [5.41, 5.74) is 1.91. The smallest absolute Gasteiger partial charge is 0.201 e. The van der Waals surface area contributed by atoms with E-state index < -0.39 is 11.6 Å². The van der Waals surface area contributed by atoms with Crippen molar-refractivity contribution < 1.29 is 22.6 Å². The second-order valence-corrected chi connectivity index (χ2v) is 6.93. The minimum Gasteiger partial charge on any atom is -0.490 e. The molecule has 0 N–H and O–H groups in total. The van der Waals surface area contributed by atoms with Gasteiger partial charge >= 0.3 is 0 Å². The van der Waals surface area contributed by atoms with Gasteiger partial charge in [0.25, 0.3) is 0 Å². The molecule has 30 heavy (non-hydrogen) atoms. The second kappa shape index (κ2) is 10.0. The van der Waals surface area contributed by atoms with Gasteiger partial charge in [0.1, 0.15) is 18.2 Å². The van der Waals surface area contributed by atoms with Crippen LogP contribution in [0.1, 0.15) is 24.0 Å². The molecule has 0 unspecified atom stereocenters. The van der Waals surface area contributed by atoms with Gasteiger partial charge in [-0.2, -0.15) is 4.39 Å². The minimum atomic E-state index is -1.01. The zero-order valence-corrected chi connectivity index (χ0v) is 16.8. The Morgan fingerprint density at radius 2 is 1.67 bits per heavy atom. The molecule has 0 saturated heterocycles. The van der Waals surface area contributed by atoms with Crippen LogP contribution in [0.3, 0.4) is 0 Å². The molecule has 0 aliphatic carbocycles.